The van der Waals surface area contributed by atoms with E-state index in [1.54, 1.807) is 12.3 Å². The molecule has 4 nitrogen and oxygen atoms in total. The summed E-state index contributed by atoms with van der Waals surface area (Å²) in [6.07, 6.45) is 2.75. The maximum Gasteiger partial charge on any atom is 0.178 e. The molecule has 0 aliphatic carbocycles. The van der Waals surface area contributed by atoms with Gasteiger partial charge in [-0.2, -0.15) is 5.26 Å². The molecule has 6 heteroatoms. The van der Waals surface area contributed by atoms with Gasteiger partial charge in [-0.05, 0) is 22.0 Å². The van der Waals surface area contributed by atoms with E-state index in [0.29, 0.717) is 5.52 Å². The van der Waals surface area contributed by atoms with Crippen LogP contribution in [0.5, 0.6) is 0 Å². The predicted octanol–water partition coefficient (Wildman–Crippen LogP) is 2.21. The van der Waals surface area contributed by atoms with Gasteiger partial charge in [-0.25, -0.2) is 8.42 Å². The average Bonchev–Trinajstić information content (AvgIpc) is 2.57. The predicted molar refractivity (Wildman–Crippen MR) is 63.8 cm³/mol. The van der Waals surface area contributed by atoms with Crippen LogP contribution in [0.15, 0.2) is 27.7 Å². The fourth-order valence-electron chi connectivity index (χ4n) is 1.61. The van der Waals surface area contributed by atoms with Crippen LogP contribution >= 0.6 is 15.9 Å². The van der Waals surface area contributed by atoms with Crippen LogP contribution in [0.2, 0.25) is 0 Å². The lowest BCUT2D eigenvalue weighted by atomic mass is 10.2. The van der Waals surface area contributed by atoms with Gasteiger partial charge in [-0.3, -0.25) is 0 Å². The van der Waals surface area contributed by atoms with Crippen molar-refractivity contribution >= 4 is 36.7 Å². The molecule has 2 rings (SSSR count). The molecule has 0 saturated carbocycles. The second-order valence-electron chi connectivity index (χ2n) is 3.39. The minimum Gasteiger partial charge on any atom is -0.359 e. The van der Waals surface area contributed by atoms with Gasteiger partial charge in [0.1, 0.15) is 11.0 Å². The van der Waals surface area contributed by atoms with Gasteiger partial charge in [0.05, 0.1) is 11.1 Å². The first-order chi connectivity index (χ1) is 7.45. The largest absolute Gasteiger partial charge is 0.359 e. The van der Waals surface area contributed by atoms with E-state index in [0.717, 1.165) is 16.1 Å². The van der Waals surface area contributed by atoms with Crippen molar-refractivity contribution < 1.29 is 8.42 Å². The Balaban J connectivity index is 3.03. The molecule has 0 atom stereocenters. The second kappa shape index (κ2) is 3.61. The molecule has 1 aromatic heterocycles. The van der Waals surface area contributed by atoms with E-state index in [4.69, 9.17) is 5.26 Å². The maximum absolute atomic E-state index is 11.6. The topological polar surface area (TPSA) is 73.7 Å². The van der Waals surface area contributed by atoms with E-state index in [1.807, 2.05) is 6.07 Å². The number of H-pyrrole nitrogens is 1. The Morgan fingerprint density at radius 2 is 2.12 bits per heavy atom. The van der Waals surface area contributed by atoms with Crippen LogP contribution in [-0.2, 0) is 9.84 Å². The van der Waals surface area contributed by atoms with E-state index in [9.17, 15) is 8.42 Å². The van der Waals surface area contributed by atoms with Crippen LogP contribution in [0.4, 0.5) is 0 Å². The summed E-state index contributed by atoms with van der Waals surface area (Å²) in [6.45, 7) is 0. The van der Waals surface area contributed by atoms with Crippen molar-refractivity contribution in [1.29, 1.82) is 5.26 Å². The third-order valence-corrected chi connectivity index (χ3v) is 4.07. The van der Waals surface area contributed by atoms with E-state index in [-0.39, 0.29) is 10.5 Å². The average molecular weight is 299 g/mol. The molecule has 0 aliphatic heterocycles. The van der Waals surface area contributed by atoms with Crippen LogP contribution in [0.1, 0.15) is 5.56 Å². The lowest BCUT2D eigenvalue weighted by Gasteiger charge is -2.03. The Kier molecular flexibility index (Phi) is 2.52. The number of sulfone groups is 1. The highest BCUT2D eigenvalue weighted by Crippen LogP contribution is 2.30. The number of aromatic nitrogens is 1. The van der Waals surface area contributed by atoms with Crippen molar-refractivity contribution in [3.8, 4) is 6.07 Å². The second-order valence-corrected chi connectivity index (χ2v) is 6.19. The van der Waals surface area contributed by atoms with Crippen LogP contribution < -0.4 is 0 Å². The van der Waals surface area contributed by atoms with E-state index >= 15 is 0 Å². The smallest absolute Gasteiger partial charge is 0.178 e. The third kappa shape index (κ3) is 1.62. The molecule has 1 N–H and O–H groups in total. The number of nitrogens with zero attached hydrogens (tertiary/aromatic N) is 1. The summed E-state index contributed by atoms with van der Waals surface area (Å²) < 4.78 is 24.1. The van der Waals surface area contributed by atoms with Crippen molar-refractivity contribution in [3.63, 3.8) is 0 Å². The molecule has 0 unspecified atom stereocenters. The molecule has 82 valence electrons. The van der Waals surface area contributed by atoms with Crippen molar-refractivity contribution in [3.05, 3.63) is 28.4 Å². The maximum atomic E-state index is 11.6. The number of halogens is 1. The highest BCUT2D eigenvalue weighted by atomic mass is 79.9. The monoisotopic (exact) mass is 298 g/mol. The van der Waals surface area contributed by atoms with Gasteiger partial charge in [-0.1, -0.05) is 6.07 Å². The van der Waals surface area contributed by atoms with Gasteiger partial charge in [0, 0.05) is 22.3 Å². The quantitative estimate of drug-likeness (QED) is 0.877. The van der Waals surface area contributed by atoms with Crippen molar-refractivity contribution in [2.75, 3.05) is 6.26 Å². The van der Waals surface area contributed by atoms with E-state index in [2.05, 4.69) is 20.9 Å². The van der Waals surface area contributed by atoms with Crippen LogP contribution in [0.25, 0.3) is 10.9 Å². The number of nitriles is 1. The first-order valence-corrected chi connectivity index (χ1v) is 7.03. The van der Waals surface area contributed by atoms with Crippen molar-refractivity contribution in [2.45, 2.75) is 4.90 Å². The molecule has 0 bridgehead atoms. The zero-order chi connectivity index (χ0) is 11.9. The van der Waals surface area contributed by atoms with Crippen molar-refractivity contribution in [2.24, 2.45) is 0 Å². The number of benzene rings is 1. The molecule has 0 radical (unpaired) electrons. The number of rotatable bonds is 1. The molecular formula is C10H7BrN2O2S. The summed E-state index contributed by atoms with van der Waals surface area (Å²) in [6, 6.07) is 5.11. The fourth-order valence-corrected chi connectivity index (χ4v) is 3.11. The summed E-state index contributed by atoms with van der Waals surface area (Å²) >= 11 is 3.31. The zero-order valence-corrected chi connectivity index (χ0v) is 10.7. The Morgan fingerprint density at radius 1 is 1.44 bits per heavy atom. The lowest BCUT2D eigenvalue weighted by molar-refractivity contribution is 0.602. The molecule has 0 fully saturated rings. The molecular weight excluding hydrogens is 292 g/mol. The number of fused-ring (bicyclic) bond motifs is 1. The molecule has 0 saturated heterocycles. The van der Waals surface area contributed by atoms with Gasteiger partial charge < -0.3 is 4.98 Å². The van der Waals surface area contributed by atoms with Gasteiger partial charge in [0.25, 0.3) is 0 Å². The van der Waals surface area contributed by atoms with Crippen LogP contribution in [0.3, 0.4) is 0 Å². The van der Waals surface area contributed by atoms with E-state index in [1.165, 1.54) is 6.07 Å². The molecule has 0 amide bonds. The van der Waals surface area contributed by atoms with Crippen LogP contribution in [0, 0.1) is 11.3 Å². The summed E-state index contributed by atoms with van der Waals surface area (Å²) in [4.78, 5) is 2.91. The van der Waals surface area contributed by atoms with Gasteiger partial charge in [0.2, 0.25) is 0 Å². The van der Waals surface area contributed by atoms with Crippen molar-refractivity contribution in [1.82, 2.24) is 4.98 Å². The number of aromatic amines is 1. The Hall–Kier alpha value is -1.32. The molecule has 0 aliphatic rings. The van der Waals surface area contributed by atoms with Gasteiger partial charge >= 0.3 is 0 Å². The summed E-state index contributed by atoms with van der Waals surface area (Å²) in [5.41, 5.74) is 0.623. The van der Waals surface area contributed by atoms with Gasteiger partial charge in [-0.15, -0.1) is 0 Å². The Bertz CT molecular complexity index is 710. The first kappa shape index (κ1) is 11.2. The highest BCUT2D eigenvalue weighted by Gasteiger charge is 2.19. The summed E-state index contributed by atoms with van der Waals surface area (Å²) in [5, 5.41) is 9.66. The fraction of sp³-hybridized carbons (Fsp3) is 0.100. The number of nitrogens with one attached hydrogen (secondary N) is 1. The zero-order valence-electron chi connectivity index (χ0n) is 8.28. The van der Waals surface area contributed by atoms with E-state index < -0.39 is 9.84 Å². The number of hydrogen-bond donors (Lipinski definition) is 1. The molecule has 2 aromatic rings. The van der Waals surface area contributed by atoms with Crippen LogP contribution in [-0.4, -0.2) is 19.7 Å². The van der Waals surface area contributed by atoms with Gasteiger partial charge in [0.15, 0.2) is 9.84 Å². The summed E-state index contributed by atoms with van der Waals surface area (Å²) in [7, 11) is -3.43. The minimum atomic E-state index is -3.43. The summed E-state index contributed by atoms with van der Waals surface area (Å²) in [5.74, 6) is 0. The minimum absolute atomic E-state index is 0.0539. The molecule has 0 spiro atoms. The lowest BCUT2D eigenvalue weighted by Crippen LogP contribution is -2.01. The first-order valence-electron chi connectivity index (χ1n) is 4.35. The number of hydrogen-bond acceptors (Lipinski definition) is 3. The SMILES string of the molecule is CS(=O)(=O)c1c(C#N)ccc2c(Br)c[nH]c12. The Labute approximate surface area is 101 Å². The highest BCUT2D eigenvalue weighted by molar-refractivity contribution is 9.10. The Morgan fingerprint density at radius 3 is 2.69 bits per heavy atom. The molecule has 1 heterocycles. The third-order valence-electron chi connectivity index (χ3n) is 2.25. The molecule has 16 heavy (non-hydrogen) atoms. The normalized spacial score (nSPS) is 11.6. The standard InChI is InChI=1S/C10H7BrN2O2S/c1-16(14,15)10-6(4-12)2-3-7-8(11)5-13-9(7)10/h2-3,5,13H,1H3. The molecule has 1 aromatic carbocycles.